The lowest BCUT2D eigenvalue weighted by Crippen LogP contribution is -1.95. The van der Waals surface area contributed by atoms with Crippen LogP contribution in [0, 0.1) is 10.1 Å². The summed E-state index contributed by atoms with van der Waals surface area (Å²) in [6.45, 7) is 4.29. The lowest BCUT2D eigenvalue weighted by Gasteiger charge is -2.12. The highest BCUT2D eigenvalue weighted by Crippen LogP contribution is 2.28. The van der Waals surface area contributed by atoms with Gasteiger partial charge in [0.1, 0.15) is 0 Å². The average molecular weight is 300 g/mol. The van der Waals surface area contributed by atoms with Gasteiger partial charge in [0.25, 0.3) is 5.69 Å². The molecule has 0 aliphatic rings. The number of hydrogen-bond acceptors (Lipinski definition) is 3. The van der Waals surface area contributed by atoms with Crippen molar-refractivity contribution in [3.8, 4) is 11.1 Å². The minimum atomic E-state index is -0.368. The molecule has 22 heavy (non-hydrogen) atoms. The first-order valence-electron chi connectivity index (χ1n) is 7.09. The maximum Gasteiger partial charge on any atom is 0.269 e. The maximum atomic E-state index is 10.7. The minimum Gasteiger partial charge on any atom is -0.372 e. The minimum absolute atomic E-state index is 0.133. The van der Waals surface area contributed by atoms with Crippen molar-refractivity contribution < 1.29 is 9.72 Å². The Morgan fingerprint density at radius 1 is 1.09 bits per heavy atom. The Labute approximate surface area is 129 Å². The molecule has 5 heteroatoms. The zero-order chi connectivity index (χ0) is 16.5. The fourth-order valence-corrected chi connectivity index (χ4v) is 2.42. The van der Waals surface area contributed by atoms with Crippen LogP contribution in [0.2, 0.25) is 0 Å². The zero-order valence-corrected chi connectivity index (χ0v) is 12.8. The lowest BCUT2D eigenvalue weighted by atomic mass is 9.92. The highest BCUT2D eigenvalue weighted by molar-refractivity contribution is 5.69. The molecule has 0 spiro atoms. The van der Waals surface area contributed by atoms with Gasteiger partial charge in [0.2, 0.25) is 6.41 Å². The molecule has 0 unspecified atom stereocenters. The summed E-state index contributed by atoms with van der Waals surface area (Å²) in [5, 5.41) is 10.7. The summed E-state index contributed by atoms with van der Waals surface area (Å²) in [5.74, 6) is 0. The highest BCUT2D eigenvalue weighted by atomic mass is 16.6. The summed E-state index contributed by atoms with van der Waals surface area (Å²) in [4.78, 5) is 18.9. The zero-order valence-electron chi connectivity index (χ0n) is 12.8. The molecule has 0 bridgehead atoms. The summed E-state index contributed by atoms with van der Waals surface area (Å²) >= 11 is 0. The number of carbonyl (C=O) groups excluding carboxylic acids is 1. The van der Waals surface area contributed by atoms with Crippen LogP contribution in [-0.4, -0.2) is 11.3 Å². The first-order valence-corrected chi connectivity index (χ1v) is 7.09. The van der Waals surface area contributed by atoms with Gasteiger partial charge in [-0.3, -0.25) is 14.9 Å². The van der Waals surface area contributed by atoms with E-state index in [4.69, 9.17) is 4.79 Å². The molecule has 2 rings (SSSR count). The van der Waals surface area contributed by atoms with Gasteiger partial charge in [-0.15, -0.1) is 0 Å². The SMILES string of the molecule is CCc1cccc(-c2ccc([N+](=O)[O-])cc2)c1CC.NC=O. The van der Waals surface area contributed by atoms with Crippen molar-refractivity contribution in [3.63, 3.8) is 0 Å². The van der Waals surface area contributed by atoms with Crippen molar-refractivity contribution in [1.82, 2.24) is 0 Å². The largest absolute Gasteiger partial charge is 0.372 e. The number of nitro groups is 1. The molecule has 0 aliphatic heterocycles. The van der Waals surface area contributed by atoms with Crippen LogP contribution in [0.25, 0.3) is 11.1 Å². The van der Waals surface area contributed by atoms with E-state index in [1.165, 1.54) is 16.7 Å². The van der Waals surface area contributed by atoms with Gasteiger partial charge in [-0.25, -0.2) is 0 Å². The van der Waals surface area contributed by atoms with Crippen LogP contribution < -0.4 is 5.73 Å². The number of aryl methyl sites for hydroxylation is 1. The third-order valence-corrected chi connectivity index (χ3v) is 3.40. The third-order valence-electron chi connectivity index (χ3n) is 3.40. The van der Waals surface area contributed by atoms with Crippen molar-refractivity contribution in [3.05, 3.63) is 63.7 Å². The molecular formula is C17H20N2O3. The number of primary amides is 1. The van der Waals surface area contributed by atoms with Crippen molar-refractivity contribution in [1.29, 1.82) is 0 Å². The van der Waals surface area contributed by atoms with Gasteiger partial charge in [-0.1, -0.05) is 32.0 Å². The standard InChI is InChI=1S/C16H17NO2.CH3NO/c1-3-12-6-5-7-16(15(12)4-2)13-8-10-14(11-9-13)17(18)19;2-1-3/h5-11H,3-4H2,1-2H3;1H,(H2,2,3). The number of amides is 1. The lowest BCUT2D eigenvalue weighted by molar-refractivity contribution is -0.384. The number of rotatable bonds is 4. The van der Waals surface area contributed by atoms with E-state index in [9.17, 15) is 10.1 Å². The number of benzene rings is 2. The first-order chi connectivity index (χ1) is 10.6. The van der Waals surface area contributed by atoms with E-state index in [1.54, 1.807) is 12.1 Å². The first kappa shape index (κ1) is 17.4. The molecule has 0 saturated heterocycles. The molecule has 0 aromatic heterocycles. The van der Waals surface area contributed by atoms with Crippen molar-refractivity contribution >= 4 is 12.1 Å². The van der Waals surface area contributed by atoms with E-state index < -0.39 is 0 Å². The molecule has 2 aromatic rings. The molecule has 5 nitrogen and oxygen atoms in total. The second-order valence-electron chi connectivity index (χ2n) is 4.59. The average Bonchev–Trinajstić information content (AvgIpc) is 2.54. The molecule has 2 aromatic carbocycles. The summed E-state index contributed by atoms with van der Waals surface area (Å²) in [6, 6.07) is 13.1. The second-order valence-corrected chi connectivity index (χ2v) is 4.59. The fourth-order valence-electron chi connectivity index (χ4n) is 2.42. The molecule has 0 fully saturated rings. The number of nitro benzene ring substituents is 1. The summed E-state index contributed by atoms with van der Waals surface area (Å²) < 4.78 is 0. The van der Waals surface area contributed by atoms with E-state index in [1.807, 2.05) is 12.1 Å². The fraction of sp³-hybridized carbons (Fsp3) is 0.235. The Morgan fingerprint density at radius 2 is 1.68 bits per heavy atom. The summed E-state index contributed by atoms with van der Waals surface area (Å²) in [6.07, 6.45) is 2.22. The molecular weight excluding hydrogens is 280 g/mol. The maximum absolute atomic E-state index is 10.7. The van der Waals surface area contributed by atoms with Crippen LogP contribution in [-0.2, 0) is 17.6 Å². The highest BCUT2D eigenvalue weighted by Gasteiger charge is 2.09. The smallest absolute Gasteiger partial charge is 0.269 e. The van der Waals surface area contributed by atoms with Crippen LogP contribution in [0.15, 0.2) is 42.5 Å². The summed E-state index contributed by atoms with van der Waals surface area (Å²) in [7, 11) is 0. The van der Waals surface area contributed by atoms with Gasteiger partial charge in [-0.2, -0.15) is 0 Å². The van der Waals surface area contributed by atoms with E-state index in [-0.39, 0.29) is 17.0 Å². The molecule has 116 valence electrons. The van der Waals surface area contributed by atoms with Crippen molar-refractivity contribution in [2.24, 2.45) is 5.73 Å². The van der Waals surface area contributed by atoms with Crippen LogP contribution in [0.5, 0.6) is 0 Å². The monoisotopic (exact) mass is 300 g/mol. The van der Waals surface area contributed by atoms with Gasteiger partial charge in [0.05, 0.1) is 4.92 Å². The van der Waals surface area contributed by atoms with Crippen LogP contribution in [0.1, 0.15) is 25.0 Å². The number of nitrogens with zero attached hydrogens (tertiary/aromatic N) is 1. The third kappa shape index (κ3) is 4.15. The quantitative estimate of drug-likeness (QED) is 0.532. The van der Waals surface area contributed by atoms with E-state index in [0.29, 0.717) is 0 Å². The van der Waals surface area contributed by atoms with E-state index in [2.05, 4.69) is 37.8 Å². The summed E-state index contributed by atoms with van der Waals surface area (Å²) in [5.41, 5.74) is 9.19. The Hall–Kier alpha value is -2.69. The number of nitrogens with two attached hydrogens (primary N) is 1. The van der Waals surface area contributed by atoms with Crippen molar-refractivity contribution in [2.45, 2.75) is 26.7 Å². The molecule has 0 aliphatic carbocycles. The molecule has 0 heterocycles. The number of non-ortho nitro benzene ring substituents is 1. The topological polar surface area (TPSA) is 86.2 Å². The predicted octanol–water partition coefficient (Wildman–Crippen LogP) is 3.49. The number of carbonyl (C=O) groups is 1. The molecule has 0 saturated carbocycles. The van der Waals surface area contributed by atoms with Gasteiger partial charge < -0.3 is 5.73 Å². The number of hydrogen-bond donors (Lipinski definition) is 1. The van der Waals surface area contributed by atoms with Crippen LogP contribution >= 0.6 is 0 Å². The molecule has 1 amide bonds. The molecule has 0 atom stereocenters. The predicted molar refractivity (Wildman–Crippen MR) is 87.5 cm³/mol. The Bertz CT molecular complexity index is 637. The van der Waals surface area contributed by atoms with Crippen LogP contribution in [0.3, 0.4) is 0 Å². The molecule has 2 N–H and O–H groups in total. The normalized spacial score (nSPS) is 9.55. The Balaban J connectivity index is 0.000000745. The van der Waals surface area contributed by atoms with E-state index >= 15 is 0 Å². The van der Waals surface area contributed by atoms with E-state index in [0.717, 1.165) is 18.4 Å². The Morgan fingerprint density at radius 3 is 2.14 bits per heavy atom. The second kappa shape index (κ2) is 8.56. The molecule has 0 radical (unpaired) electrons. The van der Waals surface area contributed by atoms with Gasteiger partial charge in [-0.05, 0) is 47.2 Å². The van der Waals surface area contributed by atoms with Gasteiger partial charge in [0, 0.05) is 12.1 Å². The van der Waals surface area contributed by atoms with Crippen molar-refractivity contribution in [2.75, 3.05) is 0 Å². The Kier molecular flexibility index (Phi) is 6.76. The van der Waals surface area contributed by atoms with Crippen LogP contribution in [0.4, 0.5) is 5.69 Å². The van der Waals surface area contributed by atoms with Gasteiger partial charge >= 0.3 is 0 Å². The van der Waals surface area contributed by atoms with Gasteiger partial charge in [0.15, 0.2) is 0 Å².